The lowest BCUT2D eigenvalue weighted by Gasteiger charge is -2.11. The van der Waals surface area contributed by atoms with Crippen molar-refractivity contribution in [1.82, 2.24) is 4.98 Å². The van der Waals surface area contributed by atoms with E-state index in [9.17, 15) is 5.11 Å². The summed E-state index contributed by atoms with van der Waals surface area (Å²) in [6.07, 6.45) is 1.59. The third kappa shape index (κ3) is 3.08. The van der Waals surface area contributed by atoms with Crippen molar-refractivity contribution in [3.05, 3.63) is 59.4 Å². The van der Waals surface area contributed by atoms with E-state index in [4.69, 9.17) is 15.9 Å². The zero-order chi connectivity index (χ0) is 13.7. The number of nitrogen functional groups attached to an aromatic ring is 1. The van der Waals surface area contributed by atoms with Crippen molar-refractivity contribution in [3.8, 4) is 5.75 Å². The standard InChI is InChI=1S/C14H15N3O2/c15-14(16)13-11(5-3-7-17-13)9-19-12-6-2-1-4-10(12)8-18/h1-7,18H,8-9H2,(H3,15,16). The lowest BCUT2D eigenvalue weighted by atomic mass is 10.2. The summed E-state index contributed by atoms with van der Waals surface area (Å²) in [5.74, 6) is 0.526. The number of aliphatic hydroxyl groups excluding tert-OH is 1. The Labute approximate surface area is 111 Å². The number of aliphatic hydroxyl groups is 1. The van der Waals surface area contributed by atoms with E-state index in [1.807, 2.05) is 18.2 Å². The molecule has 0 spiro atoms. The monoisotopic (exact) mass is 257 g/mol. The Bertz CT molecular complexity index is 584. The van der Waals surface area contributed by atoms with Crippen LogP contribution in [0.15, 0.2) is 42.6 Å². The fourth-order valence-corrected chi connectivity index (χ4v) is 1.73. The molecule has 0 aliphatic rings. The second kappa shape index (κ2) is 5.97. The van der Waals surface area contributed by atoms with E-state index in [1.165, 1.54) is 0 Å². The Hall–Kier alpha value is -2.40. The number of pyridine rings is 1. The molecule has 0 aliphatic carbocycles. The third-order valence-electron chi connectivity index (χ3n) is 2.67. The van der Waals surface area contributed by atoms with Crippen molar-refractivity contribution in [2.45, 2.75) is 13.2 Å². The Morgan fingerprint density at radius 3 is 2.68 bits per heavy atom. The van der Waals surface area contributed by atoms with Crippen LogP contribution in [0.1, 0.15) is 16.8 Å². The normalized spacial score (nSPS) is 10.2. The van der Waals surface area contributed by atoms with Crippen molar-refractivity contribution < 1.29 is 9.84 Å². The number of hydrogen-bond donors (Lipinski definition) is 3. The van der Waals surface area contributed by atoms with Crippen molar-refractivity contribution in [2.24, 2.45) is 5.73 Å². The molecule has 0 saturated carbocycles. The summed E-state index contributed by atoms with van der Waals surface area (Å²) in [5, 5.41) is 16.7. The zero-order valence-corrected chi connectivity index (χ0v) is 10.3. The summed E-state index contributed by atoms with van der Waals surface area (Å²) in [6, 6.07) is 10.8. The molecule has 0 radical (unpaired) electrons. The average Bonchev–Trinajstić information content (AvgIpc) is 2.45. The summed E-state index contributed by atoms with van der Waals surface area (Å²) >= 11 is 0. The molecule has 0 fully saturated rings. The molecular formula is C14H15N3O2. The van der Waals surface area contributed by atoms with Crippen LogP contribution in [0.4, 0.5) is 0 Å². The maximum atomic E-state index is 9.21. The van der Waals surface area contributed by atoms with E-state index in [2.05, 4.69) is 4.98 Å². The molecule has 0 atom stereocenters. The number of ether oxygens (including phenoxy) is 1. The molecule has 1 aromatic heterocycles. The predicted molar refractivity (Wildman–Crippen MR) is 71.9 cm³/mol. The Morgan fingerprint density at radius 2 is 1.95 bits per heavy atom. The fraction of sp³-hybridized carbons (Fsp3) is 0.143. The molecule has 0 amide bonds. The average molecular weight is 257 g/mol. The van der Waals surface area contributed by atoms with Gasteiger partial charge in [0.25, 0.3) is 0 Å². The number of benzene rings is 1. The van der Waals surface area contributed by atoms with Gasteiger partial charge >= 0.3 is 0 Å². The summed E-state index contributed by atoms with van der Waals surface area (Å²) in [6.45, 7) is 0.169. The molecule has 1 heterocycles. The van der Waals surface area contributed by atoms with Gasteiger partial charge in [0.05, 0.1) is 6.61 Å². The predicted octanol–water partition coefficient (Wildman–Crippen LogP) is 1.44. The number of aromatic nitrogens is 1. The fourth-order valence-electron chi connectivity index (χ4n) is 1.73. The molecule has 5 nitrogen and oxygen atoms in total. The largest absolute Gasteiger partial charge is 0.488 e. The molecular weight excluding hydrogens is 242 g/mol. The van der Waals surface area contributed by atoms with Crippen LogP contribution in [-0.2, 0) is 13.2 Å². The van der Waals surface area contributed by atoms with E-state index in [0.717, 1.165) is 11.1 Å². The van der Waals surface area contributed by atoms with Crippen LogP contribution < -0.4 is 10.5 Å². The van der Waals surface area contributed by atoms with Crippen LogP contribution in [0.25, 0.3) is 0 Å². The van der Waals surface area contributed by atoms with Gasteiger partial charge in [0.2, 0.25) is 0 Å². The van der Waals surface area contributed by atoms with Crippen molar-refractivity contribution in [1.29, 1.82) is 5.41 Å². The van der Waals surface area contributed by atoms with Crippen LogP contribution in [0.3, 0.4) is 0 Å². The highest BCUT2D eigenvalue weighted by Crippen LogP contribution is 2.19. The second-order valence-electron chi connectivity index (χ2n) is 3.98. The van der Waals surface area contributed by atoms with Crippen LogP contribution in [0, 0.1) is 5.41 Å². The quantitative estimate of drug-likeness (QED) is 0.558. The lowest BCUT2D eigenvalue weighted by molar-refractivity contribution is 0.259. The molecule has 4 N–H and O–H groups in total. The van der Waals surface area contributed by atoms with Crippen LogP contribution in [-0.4, -0.2) is 15.9 Å². The smallest absolute Gasteiger partial charge is 0.142 e. The molecule has 5 heteroatoms. The Morgan fingerprint density at radius 1 is 1.21 bits per heavy atom. The first kappa shape index (κ1) is 13.0. The summed E-state index contributed by atoms with van der Waals surface area (Å²) < 4.78 is 5.65. The topological polar surface area (TPSA) is 92.2 Å². The Balaban J connectivity index is 2.17. The van der Waals surface area contributed by atoms with E-state index >= 15 is 0 Å². The highest BCUT2D eigenvalue weighted by atomic mass is 16.5. The first-order valence-electron chi connectivity index (χ1n) is 5.82. The summed E-state index contributed by atoms with van der Waals surface area (Å²) in [4.78, 5) is 4.05. The molecule has 1 aromatic carbocycles. The van der Waals surface area contributed by atoms with E-state index < -0.39 is 0 Å². The minimum Gasteiger partial charge on any atom is -0.488 e. The molecule has 0 aliphatic heterocycles. The Kier molecular flexibility index (Phi) is 4.10. The molecule has 98 valence electrons. The molecule has 0 saturated heterocycles. The summed E-state index contributed by atoms with van der Waals surface area (Å²) in [7, 11) is 0. The van der Waals surface area contributed by atoms with E-state index in [1.54, 1.807) is 24.4 Å². The second-order valence-corrected chi connectivity index (χ2v) is 3.98. The van der Waals surface area contributed by atoms with Crippen LogP contribution >= 0.6 is 0 Å². The van der Waals surface area contributed by atoms with E-state index in [0.29, 0.717) is 11.4 Å². The van der Waals surface area contributed by atoms with Gasteiger partial charge in [-0.3, -0.25) is 10.4 Å². The minimum absolute atomic E-state index is 0.0806. The number of nitrogens with zero attached hydrogens (tertiary/aromatic N) is 1. The van der Waals surface area contributed by atoms with Crippen LogP contribution in [0.5, 0.6) is 5.75 Å². The molecule has 2 rings (SSSR count). The number of hydrogen-bond acceptors (Lipinski definition) is 4. The maximum Gasteiger partial charge on any atom is 0.142 e. The number of para-hydroxylation sites is 1. The van der Waals surface area contributed by atoms with Gasteiger partial charge in [-0.15, -0.1) is 0 Å². The van der Waals surface area contributed by atoms with Gasteiger partial charge in [-0.1, -0.05) is 24.3 Å². The summed E-state index contributed by atoms with van der Waals surface area (Å²) in [5.41, 5.74) is 7.34. The number of nitrogens with one attached hydrogen (secondary N) is 1. The van der Waals surface area contributed by atoms with Gasteiger partial charge < -0.3 is 15.6 Å². The van der Waals surface area contributed by atoms with Crippen molar-refractivity contribution >= 4 is 5.84 Å². The highest BCUT2D eigenvalue weighted by Gasteiger charge is 2.08. The maximum absolute atomic E-state index is 9.21. The van der Waals surface area contributed by atoms with Crippen LogP contribution in [0.2, 0.25) is 0 Å². The van der Waals surface area contributed by atoms with Gasteiger partial charge in [0.15, 0.2) is 0 Å². The molecule has 2 aromatic rings. The lowest BCUT2D eigenvalue weighted by Crippen LogP contribution is -2.16. The third-order valence-corrected chi connectivity index (χ3v) is 2.67. The first-order chi connectivity index (χ1) is 9.22. The number of nitrogens with two attached hydrogens (primary N) is 1. The first-order valence-corrected chi connectivity index (χ1v) is 5.82. The van der Waals surface area contributed by atoms with Gasteiger partial charge in [-0.25, -0.2) is 0 Å². The SMILES string of the molecule is N=C(N)c1ncccc1COc1ccccc1CO. The number of amidine groups is 1. The van der Waals surface area contributed by atoms with Gasteiger partial charge in [0.1, 0.15) is 23.9 Å². The highest BCUT2D eigenvalue weighted by molar-refractivity contribution is 5.94. The van der Waals surface area contributed by atoms with Gasteiger partial charge in [0, 0.05) is 17.3 Å². The van der Waals surface area contributed by atoms with E-state index in [-0.39, 0.29) is 19.0 Å². The number of rotatable bonds is 5. The molecule has 0 unspecified atom stereocenters. The van der Waals surface area contributed by atoms with Gasteiger partial charge in [-0.2, -0.15) is 0 Å². The minimum atomic E-state index is -0.0883. The zero-order valence-electron chi connectivity index (χ0n) is 10.3. The molecule has 0 bridgehead atoms. The van der Waals surface area contributed by atoms with Crippen molar-refractivity contribution in [3.63, 3.8) is 0 Å². The van der Waals surface area contributed by atoms with Gasteiger partial charge in [-0.05, 0) is 12.1 Å². The van der Waals surface area contributed by atoms with Crippen molar-refractivity contribution in [2.75, 3.05) is 0 Å². The molecule has 19 heavy (non-hydrogen) atoms.